The molecule has 1 aliphatic heterocycles. The monoisotopic (exact) mass is 471 g/mol. The van der Waals surface area contributed by atoms with Crippen LogP contribution in [0.2, 0.25) is 10.0 Å². The molecule has 0 saturated carbocycles. The third-order valence-corrected chi connectivity index (χ3v) is 6.53. The van der Waals surface area contributed by atoms with Crippen molar-refractivity contribution in [1.29, 1.82) is 0 Å². The molecule has 3 rings (SSSR count). The van der Waals surface area contributed by atoms with Crippen molar-refractivity contribution in [2.75, 3.05) is 0 Å². The third kappa shape index (κ3) is 4.66. The number of allylic oxidation sites excluding steroid dienone is 1. The quantitative estimate of drug-likeness (QED) is 0.591. The molecule has 2 amide bonds. The summed E-state index contributed by atoms with van der Waals surface area (Å²) in [6.45, 7) is 7.03. The van der Waals surface area contributed by atoms with Gasteiger partial charge in [-0.1, -0.05) is 61.7 Å². The van der Waals surface area contributed by atoms with Gasteiger partial charge in [0, 0.05) is 16.0 Å². The average Bonchev–Trinajstić information content (AvgIpc) is 3.17. The summed E-state index contributed by atoms with van der Waals surface area (Å²) in [7, 11) is 0. The van der Waals surface area contributed by atoms with Gasteiger partial charge in [-0.3, -0.25) is 14.9 Å². The van der Waals surface area contributed by atoms with E-state index in [0.29, 0.717) is 32.1 Å². The molecule has 1 atom stereocenters. The van der Waals surface area contributed by atoms with Gasteiger partial charge in [0.1, 0.15) is 0 Å². The lowest BCUT2D eigenvalue weighted by Crippen LogP contribution is -2.39. The van der Waals surface area contributed by atoms with Crippen LogP contribution in [0.4, 0.5) is 0 Å². The van der Waals surface area contributed by atoms with Crippen molar-refractivity contribution in [2.24, 2.45) is 5.41 Å². The van der Waals surface area contributed by atoms with E-state index in [0.717, 1.165) is 5.69 Å². The molecule has 1 unspecified atom stereocenters. The predicted octanol–water partition coefficient (Wildman–Crippen LogP) is 6.05. The lowest BCUT2D eigenvalue weighted by molar-refractivity contribution is -0.127. The van der Waals surface area contributed by atoms with Crippen molar-refractivity contribution in [3.63, 3.8) is 0 Å². The van der Waals surface area contributed by atoms with Crippen LogP contribution in [-0.2, 0) is 4.79 Å². The van der Waals surface area contributed by atoms with Crippen LogP contribution in [0, 0.1) is 12.3 Å². The lowest BCUT2D eigenvalue weighted by Gasteiger charge is -2.16. The Bertz CT molecular complexity index is 1020. The van der Waals surface area contributed by atoms with E-state index in [4.69, 9.17) is 34.8 Å². The molecule has 1 N–H and O–H groups in total. The first-order valence-electron chi connectivity index (χ1n) is 8.92. The number of halogens is 3. The molecule has 29 heavy (non-hydrogen) atoms. The standard InChI is InChI=1S/C20H20Cl3N3O2S/c1-10-16(18(27)24-19(28)20(2,3)4)25-26(13-6-5-11(21)9-12(13)22)17(10)14-7-8-15(23)29-14/h5-6,8-9,14H,7H2,1-4H3,(H,24,27,28). The first-order chi connectivity index (χ1) is 13.5. The Labute approximate surface area is 188 Å². The number of thioether (sulfide) groups is 1. The Morgan fingerprint density at radius 1 is 1.24 bits per heavy atom. The molecule has 2 aromatic rings. The highest BCUT2D eigenvalue weighted by atomic mass is 35.5. The first kappa shape index (κ1) is 22.2. The molecular formula is C20H20Cl3N3O2S. The highest BCUT2D eigenvalue weighted by Gasteiger charge is 2.31. The molecule has 1 aromatic heterocycles. The Hall–Kier alpha value is -1.47. The molecule has 9 heteroatoms. The smallest absolute Gasteiger partial charge is 0.278 e. The molecule has 2 heterocycles. The number of aromatic nitrogens is 2. The third-order valence-electron chi connectivity index (χ3n) is 4.48. The van der Waals surface area contributed by atoms with Crippen molar-refractivity contribution in [3.05, 3.63) is 55.6 Å². The minimum Gasteiger partial charge on any atom is -0.290 e. The predicted molar refractivity (Wildman–Crippen MR) is 119 cm³/mol. The Kier molecular flexibility index (Phi) is 6.39. The number of carbonyl (C=O) groups excluding carboxylic acids is 2. The number of amides is 2. The van der Waals surface area contributed by atoms with Crippen LogP contribution in [0.15, 0.2) is 28.6 Å². The first-order valence-corrected chi connectivity index (χ1v) is 10.9. The molecular weight excluding hydrogens is 453 g/mol. The summed E-state index contributed by atoms with van der Waals surface area (Å²) in [6, 6.07) is 5.08. The number of rotatable bonds is 3. The summed E-state index contributed by atoms with van der Waals surface area (Å²) in [6.07, 6.45) is 2.63. The maximum absolute atomic E-state index is 12.8. The van der Waals surface area contributed by atoms with Gasteiger partial charge in [-0.15, -0.1) is 11.8 Å². The summed E-state index contributed by atoms with van der Waals surface area (Å²) in [5, 5.41) is 7.83. The molecule has 0 bridgehead atoms. The number of benzene rings is 1. The van der Waals surface area contributed by atoms with Crippen LogP contribution in [-0.4, -0.2) is 21.6 Å². The van der Waals surface area contributed by atoms with Crippen LogP contribution in [0.1, 0.15) is 54.2 Å². The highest BCUT2D eigenvalue weighted by Crippen LogP contribution is 2.47. The van der Waals surface area contributed by atoms with Crippen LogP contribution in [0.25, 0.3) is 5.69 Å². The van der Waals surface area contributed by atoms with E-state index in [-0.39, 0.29) is 16.9 Å². The topological polar surface area (TPSA) is 64.0 Å². The van der Waals surface area contributed by atoms with E-state index in [1.165, 1.54) is 11.8 Å². The second-order valence-corrected chi connectivity index (χ2v) is 10.5. The molecule has 0 fully saturated rings. The largest absolute Gasteiger partial charge is 0.290 e. The average molecular weight is 473 g/mol. The fourth-order valence-electron chi connectivity index (χ4n) is 2.89. The van der Waals surface area contributed by atoms with Crippen LogP contribution in [0.3, 0.4) is 0 Å². The van der Waals surface area contributed by atoms with Crippen molar-refractivity contribution in [1.82, 2.24) is 15.1 Å². The van der Waals surface area contributed by atoms with Gasteiger partial charge in [-0.05, 0) is 31.5 Å². The summed E-state index contributed by atoms with van der Waals surface area (Å²) >= 11 is 20.1. The van der Waals surface area contributed by atoms with Gasteiger partial charge in [0.2, 0.25) is 5.91 Å². The van der Waals surface area contributed by atoms with E-state index in [9.17, 15) is 9.59 Å². The second-order valence-electron chi connectivity index (χ2n) is 7.75. The number of nitrogens with one attached hydrogen (secondary N) is 1. The number of hydrogen-bond acceptors (Lipinski definition) is 4. The van der Waals surface area contributed by atoms with Crippen molar-refractivity contribution in [3.8, 4) is 5.69 Å². The van der Waals surface area contributed by atoms with E-state index in [1.54, 1.807) is 43.7 Å². The van der Waals surface area contributed by atoms with Crippen LogP contribution < -0.4 is 5.32 Å². The summed E-state index contributed by atoms with van der Waals surface area (Å²) in [4.78, 5) is 25.1. The van der Waals surface area contributed by atoms with E-state index in [1.807, 2.05) is 13.0 Å². The zero-order valence-electron chi connectivity index (χ0n) is 16.3. The zero-order valence-corrected chi connectivity index (χ0v) is 19.4. The summed E-state index contributed by atoms with van der Waals surface area (Å²) in [5.74, 6) is -0.919. The fourth-order valence-corrected chi connectivity index (χ4v) is 4.83. The van der Waals surface area contributed by atoms with Gasteiger partial charge in [0.25, 0.3) is 5.91 Å². The highest BCUT2D eigenvalue weighted by molar-refractivity contribution is 8.05. The lowest BCUT2D eigenvalue weighted by atomic mass is 9.95. The molecule has 0 radical (unpaired) electrons. The van der Waals surface area contributed by atoms with Crippen molar-refractivity contribution < 1.29 is 9.59 Å². The molecule has 0 spiro atoms. The number of hydrogen-bond donors (Lipinski definition) is 1. The summed E-state index contributed by atoms with van der Waals surface area (Å²) in [5.41, 5.74) is 1.55. The van der Waals surface area contributed by atoms with E-state index < -0.39 is 11.3 Å². The molecule has 154 valence electrons. The normalized spacial score (nSPS) is 16.7. The molecule has 0 aliphatic carbocycles. The molecule has 0 saturated heterocycles. The maximum atomic E-state index is 12.8. The van der Waals surface area contributed by atoms with E-state index in [2.05, 4.69) is 10.4 Å². The van der Waals surface area contributed by atoms with Gasteiger partial charge < -0.3 is 0 Å². The van der Waals surface area contributed by atoms with Gasteiger partial charge in [0.15, 0.2) is 5.69 Å². The number of imide groups is 1. The minimum atomic E-state index is -0.701. The van der Waals surface area contributed by atoms with Crippen LogP contribution in [0.5, 0.6) is 0 Å². The number of nitrogens with zero attached hydrogens (tertiary/aromatic N) is 2. The van der Waals surface area contributed by atoms with Gasteiger partial charge in [-0.2, -0.15) is 5.10 Å². The molecule has 1 aliphatic rings. The minimum absolute atomic E-state index is 0.0263. The van der Waals surface area contributed by atoms with Gasteiger partial charge >= 0.3 is 0 Å². The number of carbonyl (C=O) groups is 2. The Morgan fingerprint density at radius 3 is 2.48 bits per heavy atom. The van der Waals surface area contributed by atoms with E-state index >= 15 is 0 Å². The SMILES string of the molecule is Cc1c(C(=O)NC(=O)C(C)(C)C)nn(-c2ccc(Cl)cc2Cl)c1C1CC=C(Cl)S1. The zero-order chi connectivity index (χ0) is 21.5. The fraction of sp³-hybridized carbons (Fsp3) is 0.350. The summed E-state index contributed by atoms with van der Waals surface area (Å²) < 4.78 is 2.34. The second kappa shape index (κ2) is 8.34. The van der Waals surface area contributed by atoms with Crippen molar-refractivity contribution >= 4 is 58.4 Å². The molecule has 5 nitrogen and oxygen atoms in total. The maximum Gasteiger partial charge on any atom is 0.278 e. The Balaban J connectivity index is 2.09. The van der Waals surface area contributed by atoms with Gasteiger partial charge in [0.05, 0.1) is 26.0 Å². The van der Waals surface area contributed by atoms with Crippen molar-refractivity contribution in [2.45, 2.75) is 39.4 Å². The van der Waals surface area contributed by atoms with Gasteiger partial charge in [-0.25, -0.2) is 4.68 Å². The molecule has 1 aromatic carbocycles. The Morgan fingerprint density at radius 2 is 1.93 bits per heavy atom. The van der Waals surface area contributed by atoms with Crippen LogP contribution >= 0.6 is 46.6 Å².